The highest BCUT2D eigenvalue weighted by Crippen LogP contribution is 2.33. The maximum absolute atomic E-state index is 13.4. The van der Waals surface area contributed by atoms with E-state index in [9.17, 15) is 26.0 Å². The molecule has 224 valence electrons. The number of fused-ring (bicyclic) bond motifs is 1. The Balaban J connectivity index is 1.26. The van der Waals surface area contributed by atoms with Crippen molar-refractivity contribution < 1.29 is 35.1 Å². The summed E-state index contributed by atoms with van der Waals surface area (Å²) < 4.78 is 84.9. The van der Waals surface area contributed by atoms with Gasteiger partial charge in [-0.3, -0.25) is 0 Å². The normalized spacial score (nSPS) is 12.0. The van der Waals surface area contributed by atoms with Crippen molar-refractivity contribution in [1.29, 1.82) is 0 Å². The molecule has 0 aliphatic heterocycles. The Bertz CT molecular complexity index is 1870. The number of nitrogens with one attached hydrogen (secondary N) is 2. The van der Waals surface area contributed by atoms with Gasteiger partial charge in [0, 0.05) is 23.2 Å². The molecule has 2 heterocycles. The lowest BCUT2D eigenvalue weighted by molar-refractivity contribution is -0.0435. The zero-order valence-corrected chi connectivity index (χ0v) is 23.7. The van der Waals surface area contributed by atoms with E-state index in [0.717, 1.165) is 0 Å². The molecule has 2 aromatic heterocycles. The number of rotatable bonds is 11. The highest BCUT2D eigenvalue weighted by molar-refractivity contribution is 7.92. The Morgan fingerprint density at radius 1 is 0.977 bits per heavy atom. The summed E-state index contributed by atoms with van der Waals surface area (Å²) >= 11 is 6.44. The lowest BCUT2D eigenvalue weighted by Gasteiger charge is -2.12. The summed E-state index contributed by atoms with van der Waals surface area (Å²) in [6, 6.07) is 20.0. The summed E-state index contributed by atoms with van der Waals surface area (Å²) in [5.74, 6) is 0.401. The van der Waals surface area contributed by atoms with Crippen LogP contribution in [0.2, 0.25) is 5.02 Å². The Morgan fingerprint density at radius 3 is 2.58 bits per heavy atom. The average Bonchev–Trinajstić information content (AvgIpc) is 3.43. The van der Waals surface area contributed by atoms with E-state index >= 15 is 0 Å². The van der Waals surface area contributed by atoms with E-state index in [1.54, 1.807) is 54.6 Å². The Hall–Kier alpha value is -4.20. The lowest BCUT2D eigenvalue weighted by Crippen LogP contribution is -2.31. The summed E-state index contributed by atoms with van der Waals surface area (Å²) in [7, 11) is -5.19. The van der Waals surface area contributed by atoms with Crippen LogP contribution < -0.4 is 15.4 Å². The van der Waals surface area contributed by atoms with Gasteiger partial charge in [-0.15, -0.1) is 0 Å². The summed E-state index contributed by atoms with van der Waals surface area (Å²) in [6.45, 7) is -0.196. The third kappa shape index (κ3) is 7.42. The highest BCUT2D eigenvalue weighted by atomic mass is 35.5. The number of hydrogen-bond donors (Lipinski definition) is 2. The number of ether oxygens (including phenoxy) is 1. The molecule has 0 spiro atoms. The summed E-state index contributed by atoms with van der Waals surface area (Å²) in [5, 5.41) is 6.89. The molecule has 14 heteroatoms. The van der Waals surface area contributed by atoms with Gasteiger partial charge in [0.25, 0.3) is 0 Å². The van der Waals surface area contributed by atoms with Gasteiger partial charge in [-0.2, -0.15) is 13.2 Å². The largest absolute Gasteiger partial charge is 0.497 e. The van der Waals surface area contributed by atoms with Gasteiger partial charge in [-0.1, -0.05) is 23.7 Å². The number of nitrogens with zero attached hydrogens (tertiary/aromatic N) is 2. The molecular formula is C29H23ClF4N4O4S. The third-order valence-electron chi connectivity index (χ3n) is 6.26. The maximum Gasteiger partial charge on any atom is 0.497 e. The first kappa shape index (κ1) is 30.3. The van der Waals surface area contributed by atoms with Crippen molar-refractivity contribution in [2.75, 3.05) is 17.6 Å². The molecule has 2 N–H and O–H groups in total. The SMILES string of the molecule is O=S(=O)(CCNCc1ccc(-c2ccc3ncnc(Nc4ccc(OCc5cccc(F)c5)c(Cl)c4)c3c2)o1)C(F)(F)F. The minimum Gasteiger partial charge on any atom is -0.487 e. The van der Waals surface area contributed by atoms with Crippen LogP contribution in [0.4, 0.5) is 29.1 Å². The molecule has 0 fully saturated rings. The standard InChI is InChI=1S/C29H23ClF4N4O4S/c30-24-14-21(5-8-27(24)41-16-18-2-1-3-20(31)12-18)38-28-23-13-19(4-7-25(23)36-17-37-28)26-9-6-22(42-26)15-35-10-11-43(39,40)29(32,33)34/h1-9,12-14,17,35H,10-11,15-16H2,(H,36,37,38). The van der Waals surface area contributed by atoms with Crippen LogP contribution in [0.15, 0.2) is 83.5 Å². The number of sulfone groups is 1. The lowest BCUT2D eigenvalue weighted by atomic mass is 10.1. The van der Waals surface area contributed by atoms with Gasteiger partial charge in [0.15, 0.2) is 0 Å². The second-order valence-electron chi connectivity index (χ2n) is 9.35. The van der Waals surface area contributed by atoms with Gasteiger partial charge in [0.2, 0.25) is 9.84 Å². The van der Waals surface area contributed by atoms with Crippen LogP contribution in [0, 0.1) is 5.82 Å². The molecule has 0 atom stereocenters. The minimum atomic E-state index is -5.28. The summed E-state index contributed by atoms with van der Waals surface area (Å²) in [4.78, 5) is 8.67. The zero-order chi connectivity index (χ0) is 30.6. The van der Waals surface area contributed by atoms with E-state index in [1.165, 1.54) is 18.5 Å². The van der Waals surface area contributed by atoms with Gasteiger partial charge < -0.3 is 19.8 Å². The Labute approximate surface area is 248 Å². The minimum absolute atomic E-state index is 0.0413. The molecule has 0 saturated heterocycles. The summed E-state index contributed by atoms with van der Waals surface area (Å²) in [6.07, 6.45) is 1.41. The number of anilines is 2. The highest BCUT2D eigenvalue weighted by Gasteiger charge is 2.44. The zero-order valence-electron chi connectivity index (χ0n) is 22.2. The quantitative estimate of drug-likeness (QED) is 0.118. The molecule has 0 amide bonds. The van der Waals surface area contributed by atoms with Gasteiger partial charge in [-0.25, -0.2) is 22.8 Å². The number of hydrogen-bond acceptors (Lipinski definition) is 8. The molecule has 5 rings (SSSR count). The number of benzene rings is 3. The molecule has 8 nitrogen and oxygen atoms in total. The molecule has 0 aliphatic rings. The smallest absolute Gasteiger partial charge is 0.487 e. The Morgan fingerprint density at radius 2 is 1.81 bits per heavy atom. The predicted molar refractivity (Wildman–Crippen MR) is 154 cm³/mol. The van der Waals surface area contributed by atoms with E-state index < -0.39 is 21.1 Å². The molecule has 0 unspecified atom stereocenters. The third-order valence-corrected chi connectivity index (χ3v) is 8.00. The number of alkyl halides is 3. The van der Waals surface area contributed by atoms with Crippen LogP contribution in [0.1, 0.15) is 11.3 Å². The van der Waals surface area contributed by atoms with Crippen molar-refractivity contribution >= 4 is 43.8 Å². The van der Waals surface area contributed by atoms with E-state index in [-0.39, 0.29) is 25.5 Å². The first-order chi connectivity index (χ1) is 20.5. The molecule has 0 radical (unpaired) electrons. The number of furan rings is 1. The van der Waals surface area contributed by atoms with E-state index in [4.69, 9.17) is 20.8 Å². The molecule has 0 saturated carbocycles. The number of halogens is 5. The predicted octanol–water partition coefficient (Wildman–Crippen LogP) is 7.03. The van der Waals surface area contributed by atoms with E-state index in [2.05, 4.69) is 20.6 Å². The molecule has 43 heavy (non-hydrogen) atoms. The fourth-order valence-electron chi connectivity index (χ4n) is 4.09. The van der Waals surface area contributed by atoms with E-state index in [1.807, 2.05) is 6.07 Å². The number of aromatic nitrogens is 2. The van der Waals surface area contributed by atoms with Crippen LogP contribution in [0.5, 0.6) is 5.75 Å². The van der Waals surface area contributed by atoms with Crippen LogP contribution >= 0.6 is 11.6 Å². The van der Waals surface area contributed by atoms with Crippen molar-refractivity contribution in [2.24, 2.45) is 0 Å². The van der Waals surface area contributed by atoms with Crippen molar-refractivity contribution in [2.45, 2.75) is 18.7 Å². The van der Waals surface area contributed by atoms with Crippen molar-refractivity contribution in [3.63, 3.8) is 0 Å². The van der Waals surface area contributed by atoms with Crippen molar-refractivity contribution in [3.8, 4) is 17.1 Å². The summed E-state index contributed by atoms with van der Waals surface area (Å²) in [5.41, 5.74) is -2.64. The average molecular weight is 635 g/mol. The van der Waals surface area contributed by atoms with Gasteiger partial charge in [-0.05, 0) is 66.2 Å². The van der Waals surface area contributed by atoms with Crippen molar-refractivity contribution in [3.05, 3.63) is 101 Å². The first-order valence-corrected chi connectivity index (χ1v) is 14.8. The van der Waals surface area contributed by atoms with Crippen LogP contribution in [0.25, 0.3) is 22.2 Å². The molecule has 5 aromatic rings. The monoisotopic (exact) mass is 634 g/mol. The molecular weight excluding hydrogens is 612 g/mol. The topological polar surface area (TPSA) is 106 Å². The molecule has 3 aromatic carbocycles. The Kier molecular flexibility index (Phi) is 8.85. The van der Waals surface area contributed by atoms with Crippen LogP contribution in [-0.2, 0) is 23.0 Å². The van der Waals surface area contributed by atoms with Crippen LogP contribution in [0.3, 0.4) is 0 Å². The fraction of sp³-hybridized carbons (Fsp3) is 0.172. The second-order valence-corrected chi connectivity index (χ2v) is 11.9. The van der Waals surface area contributed by atoms with Gasteiger partial charge >= 0.3 is 5.51 Å². The second kappa shape index (κ2) is 12.6. The molecule has 0 bridgehead atoms. The van der Waals surface area contributed by atoms with Gasteiger partial charge in [0.05, 0.1) is 22.8 Å². The van der Waals surface area contributed by atoms with Crippen LogP contribution in [-0.4, -0.2) is 36.2 Å². The van der Waals surface area contributed by atoms with Crippen molar-refractivity contribution in [1.82, 2.24) is 15.3 Å². The fourth-order valence-corrected chi connectivity index (χ4v) is 4.97. The molecule has 0 aliphatic carbocycles. The first-order valence-electron chi connectivity index (χ1n) is 12.8. The van der Waals surface area contributed by atoms with Gasteiger partial charge in [0.1, 0.15) is 41.8 Å². The van der Waals surface area contributed by atoms with E-state index in [0.29, 0.717) is 55.8 Å². The maximum atomic E-state index is 13.4.